The minimum Gasteiger partial charge on any atom is -0.494 e. The number of hydrogen-bond donors (Lipinski definition) is 2. The molecule has 3 aromatic rings. The lowest BCUT2D eigenvalue weighted by Crippen LogP contribution is -2.06. The minimum atomic E-state index is 0.227. The van der Waals surface area contributed by atoms with E-state index in [2.05, 4.69) is 46.7 Å². The van der Waals surface area contributed by atoms with E-state index in [1.165, 1.54) is 5.56 Å². The van der Waals surface area contributed by atoms with E-state index in [9.17, 15) is 0 Å². The van der Waals surface area contributed by atoms with Crippen molar-refractivity contribution in [3.05, 3.63) is 54.2 Å². The van der Waals surface area contributed by atoms with Crippen molar-refractivity contribution in [1.29, 1.82) is 0 Å². The molecule has 0 saturated heterocycles. The minimum absolute atomic E-state index is 0.227. The summed E-state index contributed by atoms with van der Waals surface area (Å²) in [5.74, 6) is 0.910. The number of fused-ring (bicyclic) bond motifs is 1. The molecule has 0 aliphatic rings. The molecule has 0 saturated carbocycles. The lowest BCUT2D eigenvalue weighted by molar-refractivity contribution is 0.340. The number of H-pyrrole nitrogens is 1. The molecule has 108 valence electrons. The van der Waals surface area contributed by atoms with Crippen LogP contribution in [0, 0.1) is 0 Å². The molecular formula is C17H19N3O. The molecule has 21 heavy (non-hydrogen) atoms. The molecule has 4 heteroatoms. The van der Waals surface area contributed by atoms with Crippen LogP contribution < -0.4 is 10.1 Å². The molecule has 2 aromatic carbocycles. The fourth-order valence-electron chi connectivity index (χ4n) is 2.39. The fraction of sp³-hybridized carbons (Fsp3) is 0.235. The molecule has 0 aliphatic heterocycles. The van der Waals surface area contributed by atoms with Gasteiger partial charge in [0.05, 0.1) is 18.3 Å². The first kappa shape index (κ1) is 13.5. The van der Waals surface area contributed by atoms with E-state index < -0.39 is 0 Å². The molecule has 2 N–H and O–H groups in total. The van der Waals surface area contributed by atoms with Crippen LogP contribution in [0.4, 0.5) is 5.69 Å². The molecule has 3 rings (SSSR count). The number of aromatic amines is 1. The summed E-state index contributed by atoms with van der Waals surface area (Å²) in [6.45, 7) is 4.83. The number of aromatic nitrogens is 2. The number of anilines is 1. The highest BCUT2D eigenvalue weighted by Crippen LogP contribution is 2.23. The van der Waals surface area contributed by atoms with Crippen LogP contribution in [0.1, 0.15) is 25.5 Å². The van der Waals surface area contributed by atoms with Crippen LogP contribution in [0.25, 0.3) is 10.9 Å². The Morgan fingerprint density at radius 1 is 1.19 bits per heavy atom. The van der Waals surface area contributed by atoms with Crippen molar-refractivity contribution in [3.8, 4) is 5.75 Å². The van der Waals surface area contributed by atoms with Crippen molar-refractivity contribution in [3.63, 3.8) is 0 Å². The number of nitrogens with one attached hydrogen (secondary N) is 2. The average Bonchev–Trinajstić information content (AvgIpc) is 2.96. The zero-order chi connectivity index (χ0) is 14.7. The second-order valence-corrected chi connectivity index (χ2v) is 5.04. The third-order valence-electron chi connectivity index (χ3n) is 3.51. The number of benzene rings is 2. The van der Waals surface area contributed by atoms with E-state index in [1.54, 1.807) is 0 Å². The van der Waals surface area contributed by atoms with Gasteiger partial charge in [-0.15, -0.1) is 0 Å². The Kier molecular flexibility index (Phi) is 3.77. The smallest absolute Gasteiger partial charge is 0.119 e. The highest BCUT2D eigenvalue weighted by atomic mass is 16.5. The van der Waals surface area contributed by atoms with Gasteiger partial charge in [-0.3, -0.25) is 5.10 Å². The summed E-state index contributed by atoms with van der Waals surface area (Å²) < 4.78 is 5.47. The summed E-state index contributed by atoms with van der Waals surface area (Å²) in [6, 6.07) is 14.6. The maximum Gasteiger partial charge on any atom is 0.119 e. The Balaban J connectivity index is 1.73. The molecule has 0 aliphatic carbocycles. The molecule has 0 amide bonds. The highest BCUT2D eigenvalue weighted by Gasteiger charge is 2.06. The summed E-state index contributed by atoms with van der Waals surface area (Å²) in [5, 5.41) is 11.6. The summed E-state index contributed by atoms with van der Waals surface area (Å²) in [4.78, 5) is 0. The average molecular weight is 281 g/mol. The molecule has 1 aromatic heterocycles. The van der Waals surface area contributed by atoms with Gasteiger partial charge in [-0.25, -0.2) is 0 Å². The first-order chi connectivity index (χ1) is 10.3. The van der Waals surface area contributed by atoms with Crippen molar-refractivity contribution in [2.24, 2.45) is 0 Å². The van der Waals surface area contributed by atoms with Gasteiger partial charge in [0.25, 0.3) is 0 Å². The Labute approximate surface area is 124 Å². The van der Waals surface area contributed by atoms with Gasteiger partial charge in [-0.05, 0) is 49.7 Å². The number of hydrogen-bond acceptors (Lipinski definition) is 3. The molecular weight excluding hydrogens is 262 g/mol. The van der Waals surface area contributed by atoms with E-state index in [0.717, 1.165) is 22.3 Å². The van der Waals surface area contributed by atoms with Crippen molar-refractivity contribution in [1.82, 2.24) is 10.2 Å². The largest absolute Gasteiger partial charge is 0.494 e. The summed E-state index contributed by atoms with van der Waals surface area (Å²) >= 11 is 0. The van der Waals surface area contributed by atoms with Gasteiger partial charge in [-0.1, -0.05) is 12.1 Å². The van der Waals surface area contributed by atoms with Crippen molar-refractivity contribution in [2.45, 2.75) is 19.9 Å². The third kappa shape index (κ3) is 2.99. The molecule has 1 atom stereocenters. The van der Waals surface area contributed by atoms with Crippen LogP contribution in [-0.4, -0.2) is 16.8 Å². The summed E-state index contributed by atoms with van der Waals surface area (Å²) in [5.41, 5.74) is 3.37. The van der Waals surface area contributed by atoms with Gasteiger partial charge >= 0.3 is 0 Å². The predicted molar refractivity (Wildman–Crippen MR) is 85.7 cm³/mol. The monoisotopic (exact) mass is 281 g/mol. The zero-order valence-corrected chi connectivity index (χ0v) is 12.3. The van der Waals surface area contributed by atoms with E-state index in [4.69, 9.17) is 4.74 Å². The first-order valence-corrected chi connectivity index (χ1v) is 7.18. The molecule has 1 heterocycles. The van der Waals surface area contributed by atoms with E-state index in [1.807, 2.05) is 31.3 Å². The van der Waals surface area contributed by atoms with Crippen molar-refractivity contribution < 1.29 is 4.74 Å². The molecule has 0 fully saturated rings. The maximum atomic E-state index is 5.47. The van der Waals surface area contributed by atoms with Gasteiger partial charge < -0.3 is 10.1 Å². The third-order valence-corrected chi connectivity index (χ3v) is 3.51. The summed E-state index contributed by atoms with van der Waals surface area (Å²) in [6.07, 6.45) is 1.84. The Hall–Kier alpha value is -2.49. The van der Waals surface area contributed by atoms with Gasteiger partial charge in [0.15, 0.2) is 0 Å². The number of rotatable bonds is 5. The van der Waals surface area contributed by atoms with Crippen LogP contribution in [0.3, 0.4) is 0 Å². The Morgan fingerprint density at radius 2 is 2.00 bits per heavy atom. The second kappa shape index (κ2) is 5.87. The molecule has 0 radical (unpaired) electrons. The van der Waals surface area contributed by atoms with Crippen LogP contribution in [0.15, 0.2) is 48.7 Å². The van der Waals surface area contributed by atoms with E-state index >= 15 is 0 Å². The number of nitrogens with zero attached hydrogens (tertiary/aromatic N) is 1. The fourth-order valence-corrected chi connectivity index (χ4v) is 2.39. The predicted octanol–water partition coefficient (Wildman–Crippen LogP) is 4.13. The van der Waals surface area contributed by atoms with E-state index in [0.29, 0.717) is 6.61 Å². The lowest BCUT2D eigenvalue weighted by atomic mass is 10.1. The van der Waals surface area contributed by atoms with Crippen LogP contribution >= 0.6 is 0 Å². The second-order valence-electron chi connectivity index (χ2n) is 5.04. The molecule has 0 spiro atoms. The maximum absolute atomic E-state index is 5.47. The Bertz CT molecular complexity index is 718. The highest BCUT2D eigenvalue weighted by molar-refractivity contribution is 5.81. The zero-order valence-electron chi connectivity index (χ0n) is 12.3. The van der Waals surface area contributed by atoms with Crippen LogP contribution in [0.2, 0.25) is 0 Å². The topological polar surface area (TPSA) is 49.9 Å². The quantitative estimate of drug-likeness (QED) is 0.739. The summed E-state index contributed by atoms with van der Waals surface area (Å²) in [7, 11) is 0. The van der Waals surface area contributed by atoms with Crippen LogP contribution in [-0.2, 0) is 0 Å². The molecule has 1 unspecified atom stereocenters. The standard InChI is InChI=1S/C17H19N3O/c1-3-21-16-7-4-13(5-8-16)12(2)19-15-6-9-17-14(10-15)11-18-20-17/h4-12,19H,3H2,1-2H3,(H,18,20). The Morgan fingerprint density at radius 3 is 2.76 bits per heavy atom. The number of ether oxygens (including phenoxy) is 1. The lowest BCUT2D eigenvalue weighted by Gasteiger charge is -2.16. The first-order valence-electron chi connectivity index (χ1n) is 7.18. The van der Waals surface area contributed by atoms with Gasteiger partial charge in [0.1, 0.15) is 5.75 Å². The van der Waals surface area contributed by atoms with Gasteiger partial charge in [-0.2, -0.15) is 5.10 Å². The molecule has 0 bridgehead atoms. The SMILES string of the molecule is CCOc1ccc(C(C)Nc2ccc3[nH]ncc3c2)cc1. The van der Waals surface area contributed by atoms with Gasteiger partial charge in [0.2, 0.25) is 0 Å². The normalized spacial score (nSPS) is 12.3. The van der Waals surface area contributed by atoms with Crippen LogP contribution in [0.5, 0.6) is 5.75 Å². The van der Waals surface area contributed by atoms with E-state index in [-0.39, 0.29) is 6.04 Å². The molecule has 4 nitrogen and oxygen atoms in total. The van der Waals surface area contributed by atoms with Crippen molar-refractivity contribution >= 4 is 16.6 Å². The van der Waals surface area contributed by atoms with Gasteiger partial charge in [0, 0.05) is 17.1 Å². The van der Waals surface area contributed by atoms with Crippen molar-refractivity contribution in [2.75, 3.05) is 11.9 Å².